The Hall–Kier alpha value is -3.40. The molecule has 29 heavy (non-hydrogen) atoms. The standard InChI is InChI=1S/C19H20N6O3S/c1-12-11-25(22-13(12)2)17-8-6-15(10-20-17)29(26,27)23-18-16(28-4)7-5-14-9-21-24(3)19(14)18/h5-11,23H,1-4H3. The highest BCUT2D eigenvalue weighted by molar-refractivity contribution is 7.92. The van der Waals surface area contributed by atoms with E-state index in [-0.39, 0.29) is 4.90 Å². The average Bonchev–Trinajstić information content (AvgIpc) is 3.24. The molecule has 9 nitrogen and oxygen atoms in total. The number of sulfonamides is 1. The van der Waals surface area contributed by atoms with Crippen molar-refractivity contribution in [2.45, 2.75) is 18.7 Å². The Morgan fingerprint density at radius 1 is 1.10 bits per heavy atom. The maximum Gasteiger partial charge on any atom is 0.263 e. The van der Waals surface area contributed by atoms with E-state index in [1.54, 1.807) is 34.7 Å². The molecule has 0 unspecified atom stereocenters. The zero-order chi connectivity index (χ0) is 20.8. The second kappa shape index (κ2) is 6.89. The molecule has 150 valence electrons. The number of anilines is 1. The van der Waals surface area contributed by atoms with E-state index in [0.717, 1.165) is 16.6 Å². The number of ether oxygens (including phenoxy) is 1. The van der Waals surface area contributed by atoms with Crippen molar-refractivity contribution in [2.75, 3.05) is 11.8 Å². The molecule has 10 heteroatoms. The second-order valence-electron chi connectivity index (χ2n) is 6.65. The Morgan fingerprint density at radius 2 is 1.90 bits per heavy atom. The summed E-state index contributed by atoms with van der Waals surface area (Å²) >= 11 is 0. The maximum absolute atomic E-state index is 13.0. The molecule has 0 radical (unpaired) electrons. The molecule has 0 aliphatic rings. The Bertz CT molecular complexity index is 1290. The molecule has 3 aromatic heterocycles. The van der Waals surface area contributed by atoms with Crippen molar-refractivity contribution in [3.8, 4) is 11.6 Å². The van der Waals surface area contributed by atoms with Crippen LogP contribution < -0.4 is 9.46 Å². The smallest absolute Gasteiger partial charge is 0.263 e. The molecule has 1 aromatic carbocycles. The third-order valence-electron chi connectivity index (χ3n) is 4.73. The number of methoxy groups -OCH3 is 1. The van der Waals surface area contributed by atoms with Crippen LogP contribution >= 0.6 is 0 Å². The summed E-state index contributed by atoms with van der Waals surface area (Å²) in [6.07, 6.45) is 4.81. The number of nitrogens with one attached hydrogen (secondary N) is 1. The first-order valence-electron chi connectivity index (χ1n) is 8.81. The minimum Gasteiger partial charge on any atom is -0.494 e. The van der Waals surface area contributed by atoms with Gasteiger partial charge in [0.25, 0.3) is 10.0 Å². The minimum atomic E-state index is -3.90. The quantitative estimate of drug-likeness (QED) is 0.540. The third-order valence-corrected chi connectivity index (χ3v) is 6.07. The fourth-order valence-electron chi connectivity index (χ4n) is 3.04. The van der Waals surface area contributed by atoms with Gasteiger partial charge in [-0.1, -0.05) is 0 Å². The number of hydrogen-bond acceptors (Lipinski definition) is 6. The van der Waals surface area contributed by atoms with Gasteiger partial charge >= 0.3 is 0 Å². The van der Waals surface area contributed by atoms with Crippen molar-refractivity contribution in [1.82, 2.24) is 24.5 Å². The molecule has 0 amide bonds. The van der Waals surface area contributed by atoms with Gasteiger partial charge in [0, 0.05) is 24.8 Å². The normalized spacial score (nSPS) is 11.7. The fraction of sp³-hybridized carbons (Fsp3) is 0.211. The van der Waals surface area contributed by atoms with Gasteiger partial charge in [0.2, 0.25) is 0 Å². The summed E-state index contributed by atoms with van der Waals surface area (Å²) in [6, 6.07) is 6.63. The number of rotatable bonds is 5. The summed E-state index contributed by atoms with van der Waals surface area (Å²) in [6.45, 7) is 3.86. The Balaban J connectivity index is 1.71. The molecule has 4 aromatic rings. The van der Waals surface area contributed by atoms with Crippen LogP contribution in [0.15, 0.2) is 47.8 Å². The van der Waals surface area contributed by atoms with Crippen molar-refractivity contribution in [3.05, 3.63) is 54.1 Å². The molecule has 0 saturated heterocycles. The number of aromatic nitrogens is 5. The van der Waals surface area contributed by atoms with Gasteiger partial charge in [-0.2, -0.15) is 10.2 Å². The molecule has 0 fully saturated rings. The molecular formula is C19H20N6O3S. The second-order valence-corrected chi connectivity index (χ2v) is 8.33. The summed E-state index contributed by atoms with van der Waals surface area (Å²) < 4.78 is 37.2. The van der Waals surface area contributed by atoms with Gasteiger partial charge in [0.15, 0.2) is 5.82 Å². The first-order chi connectivity index (χ1) is 13.8. The summed E-state index contributed by atoms with van der Waals surface area (Å²) in [7, 11) is -0.671. The van der Waals surface area contributed by atoms with E-state index in [2.05, 4.69) is 19.9 Å². The van der Waals surface area contributed by atoms with Crippen LogP contribution in [0.5, 0.6) is 5.75 Å². The maximum atomic E-state index is 13.0. The predicted octanol–water partition coefficient (Wildman–Crippen LogP) is 2.58. The number of fused-ring (bicyclic) bond motifs is 1. The predicted molar refractivity (Wildman–Crippen MR) is 109 cm³/mol. The molecule has 4 rings (SSSR count). The lowest BCUT2D eigenvalue weighted by Crippen LogP contribution is -2.15. The molecule has 0 atom stereocenters. The zero-order valence-corrected chi connectivity index (χ0v) is 17.2. The zero-order valence-electron chi connectivity index (χ0n) is 16.4. The van der Waals surface area contributed by atoms with Gasteiger partial charge in [0.05, 0.1) is 24.5 Å². The number of nitrogens with zero attached hydrogens (tertiary/aromatic N) is 5. The summed E-state index contributed by atoms with van der Waals surface area (Å²) in [5.74, 6) is 0.934. The number of aryl methyl sites for hydroxylation is 3. The Kier molecular flexibility index (Phi) is 4.50. The van der Waals surface area contributed by atoms with E-state index in [0.29, 0.717) is 22.8 Å². The first kappa shape index (κ1) is 18.9. The van der Waals surface area contributed by atoms with Gasteiger partial charge in [-0.05, 0) is 43.7 Å². The highest BCUT2D eigenvalue weighted by Crippen LogP contribution is 2.34. The minimum absolute atomic E-state index is 0.0306. The van der Waals surface area contributed by atoms with Crippen LogP contribution in [0.4, 0.5) is 5.69 Å². The Labute approximate surface area is 168 Å². The van der Waals surface area contributed by atoms with Gasteiger partial charge in [-0.15, -0.1) is 0 Å². The van der Waals surface area contributed by atoms with E-state index in [1.807, 2.05) is 26.1 Å². The number of hydrogen-bond donors (Lipinski definition) is 1. The van der Waals surface area contributed by atoms with E-state index < -0.39 is 10.0 Å². The van der Waals surface area contributed by atoms with Crippen molar-refractivity contribution in [1.29, 1.82) is 0 Å². The van der Waals surface area contributed by atoms with E-state index in [9.17, 15) is 8.42 Å². The molecule has 0 aliphatic carbocycles. The van der Waals surface area contributed by atoms with Crippen molar-refractivity contribution in [3.63, 3.8) is 0 Å². The molecule has 0 bridgehead atoms. The van der Waals surface area contributed by atoms with E-state index in [1.165, 1.54) is 19.4 Å². The van der Waals surface area contributed by atoms with Gasteiger partial charge < -0.3 is 4.74 Å². The van der Waals surface area contributed by atoms with Crippen molar-refractivity contribution >= 4 is 26.6 Å². The molecule has 1 N–H and O–H groups in total. The highest BCUT2D eigenvalue weighted by Gasteiger charge is 2.21. The molecule has 0 aliphatic heterocycles. The van der Waals surface area contributed by atoms with Crippen LogP contribution in [0.2, 0.25) is 0 Å². The SMILES string of the molecule is COc1ccc2cnn(C)c2c1NS(=O)(=O)c1ccc(-n2cc(C)c(C)n2)nc1. The van der Waals surface area contributed by atoms with Crippen LogP contribution in [0.25, 0.3) is 16.7 Å². The van der Waals surface area contributed by atoms with E-state index >= 15 is 0 Å². The summed E-state index contributed by atoms with van der Waals surface area (Å²) in [5.41, 5.74) is 2.87. The summed E-state index contributed by atoms with van der Waals surface area (Å²) in [5, 5.41) is 9.35. The van der Waals surface area contributed by atoms with Gasteiger partial charge in [-0.25, -0.2) is 18.1 Å². The van der Waals surface area contributed by atoms with Crippen LogP contribution in [0, 0.1) is 13.8 Å². The monoisotopic (exact) mass is 412 g/mol. The van der Waals surface area contributed by atoms with E-state index in [4.69, 9.17) is 4.74 Å². The van der Waals surface area contributed by atoms with Crippen LogP contribution in [0.3, 0.4) is 0 Å². The first-order valence-corrected chi connectivity index (χ1v) is 10.3. The van der Waals surface area contributed by atoms with Crippen LogP contribution in [0.1, 0.15) is 11.3 Å². The van der Waals surface area contributed by atoms with Crippen LogP contribution in [-0.4, -0.2) is 40.1 Å². The number of benzene rings is 1. The number of pyridine rings is 1. The lowest BCUT2D eigenvalue weighted by Gasteiger charge is -2.14. The molecule has 3 heterocycles. The molecular weight excluding hydrogens is 392 g/mol. The van der Waals surface area contributed by atoms with Crippen molar-refractivity contribution in [2.24, 2.45) is 7.05 Å². The fourth-order valence-corrected chi connectivity index (χ4v) is 4.06. The van der Waals surface area contributed by atoms with Gasteiger partial charge in [0.1, 0.15) is 16.3 Å². The summed E-state index contributed by atoms with van der Waals surface area (Å²) in [4.78, 5) is 4.29. The largest absolute Gasteiger partial charge is 0.494 e. The Morgan fingerprint density at radius 3 is 2.52 bits per heavy atom. The van der Waals surface area contributed by atoms with Crippen LogP contribution in [-0.2, 0) is 17.1 Å². The molecule has 0 spiro atoms. The van der Waals surface area contributed by atoms with Gasteiger partial charge in [-0.3, -0.25) is 9.40 Å². The van der Waals surface area contributed by atoms with Crippen molar-refractivity contribution < 1.29 is 13.2 Å². The lowest BCUT2D eigenvalue weighted by molar-refractivity contribution is 0.417. The lowest BCUT2D eigenvalue weighted by atomic mass is 10.2. The topological polar surface area (TPSA) is 104 Å². The highest BCUT2D eigenvalue weighted by atomic mass is 32.2. The average molecular weight is 412 g/mol. The third kappa shape index (κ3) is 3.31. The molecule has 0 saturated carbocycles.